The van der Waals surface area contributed by atoms with Gasteiger partial charge in [-0.1, -0.05) is 25.6 Å². The molecule has 1 rings (SSSR count). The Morgan fingerprint density at radius 2 is 2.21 bits per heavy atom. The van der Waals surface area contributed by atoms with E-state index in [1.807, 2.05) is 6.92 Å². The van der Waals surface area contributed by atoms with E-state index in [9.17, 15) is 4.39 Å². The molecule has 0 bridgehead atoms. The molecule has 0 saturated carbocycles. The van der Waals surface area contributed by atoms with Crippen LogP contribution >= 0.6 is 0 Å². The molecule has 76 valence electrons. The highest BCUT2D eigenvalue weighted by Crippen LogP contribution is 2.20. The van der Waals surface area contributed by atoms with Gasteiger partial charge in [-0.3, -0.25) is 0 Å². The lowest BCUT2D eigenvalue weighted by Crippen LogP contribution is -2.01. The van der Waals surface area contributed by atoms with E-state index in [-0.39, 0.29) is 5.82 Å². The first-order valence-electron chi connectivity index (χ1n) is 4.69. The fourth-order valence-corrected chi connectivity index (χ4v) is 1.01. The summed E-state index contributed by atoms with van der Waals surface area (Å²) >= 11 is 0. The van der Waals surface area contributed by atoms with Gasteiger partial charge in [-0.2, -0.15) is 0 Å². The maximum absolute atomic E-state index is 13.4. The van der Waals surface area contributed by atoms with Crippen LogP contribution in [0, 0.1) is 12.7 Å². The molecule has 0 spiro atoms. The molecule has 0 N–H and O–H groups in total. The molecule has 2 heteroatoms. The van der Waals surface area contributed by atoms with Crippen molar-refractivity contribution in [2.75, 3.05) is 6.61 Å². The predicted molar refractivity (Wildman–Crippen MR) is 56.1 cm³/mol. The molecule has 0 fully saturated rings. The normalized spacial score (nSPS) is 9.93. The lowest BCUT2D eigenvalue weighted by Gasteiger charge is -2.08. The summed E-state index contributed by atoms with van der Waals surface area (Å²) in [6.45, 7) is 7.90. The molecule has 0 aliphatic rings. The number of rotatable bonds is 4. The van der Waals surface area contributed by atoms with Crippen LogP contribution in [-0.4, -0.2) is 6.61 Å². The van der Waals surface area contributed by atoms with Gasteiger partial charge in [-0.15, -0.1) is 0 Å². The third-order valence-electron chi connectivity index (χ3n) is 2.09. The second-order valence-electron chi connectivity index (χ2n) is 3.28. The topological polar surface area (TPSA) is 9.23 Å². The Morgan fingerprint density at radius 1 is 1.50 bits per heavy atom. The summed E-state index contributed by atoms with van der Waals surface area (Å²) < 4.78 is 18.7. The van der Waals surface area contributed by atoms with Crippen LogP contribution in [0.1, 0.15) is 18.9 Å². The van der Waals surface area contributed by atoms with Crippen molar-refractivity contribution in [3.8, 4) is 5.75 Å². The second-order valence-corrected chi connectivity index (χ2v) is 3.28. The lowest BCUT2D eigenvalue weighted by atomic mass is 10.2. The molecule has 0 atom stereocenters. The zero-order chi connectivity index (χ0) is 10.6. The fourth-order valence-electron chi connectivity index (χ4n) is 1.01. The first-order chi connectivity index (χ1) is 6.65. The zero-order valence-electron chi connectivity index (χ0n) is 8.64. The fraction of sp³-hybridized carbons (Fsp3) is 0.333. The number of aryl methyl sites for hydroxylation is 1. The molecule has 0 amide bonds. The largest absolute Gasteiger partial charge is 0.486 e. The Balaban J connectivity index is 2.68. The summed E-state index contributed by atoms with van der Waals surface area (Å²) in [6, 6.07) is 5.13. The van der Waals surface area contributed by atoms with E-state index in [4.69, 9.17) is 4.74 Å². The van der Waals surface area contributed by atoms with Crippen molar-refractivity contribution in [2.24, 2.45) is 0 Å². The smallest absolute Gasteiger partial charge is 0.167 e. The molecule has 0 aliphatic heterocycles. The van der Waals surface area contributed by atoms with Gasteiger partial charge in [0.25, 0.3) is 0 Å². The summed E-state index contributed by atoms with van der Waals surface area (Å²) in [5.41, 5.74) is 1.57. The number of hydrogen-bond donors (Lipinski definition) is 0. The van der Waals surface area contributed by atoms with Gasteiger partial charge in [0, 0.05) is 0 Å². The Hall–Kier alpha value is -1.31. The summed E-state index contributed by atoms with van der Waals surface area (Å²) in [4.78, 5) is 0. The molecule has 0 aliphatic carbocycles. The SMILES string of the molecule is C=C(CC)COc1cccc(C)c1F. The van der Waals surface area contributed by atoms with Crippen molar-refractivity contribution in [3.63, 3.8) is 0 Å². The third kappa shape index (κ3) is 2.59. The Labute approximate surface area is 84.2 Å². The monoisotopic (exact) mass is 194 g/mol. The number of hydrogen-bond acceptors (Lipinski definition) is 1. The van der Waals surface area contributed by atoms with E-state index in [1.54, 1.807) is 25.1 Å². The van der Waals surface area contributed by atoms with Gasteiger partial charge in [0.05, 0.1) is 0 Å². The molecule has 0 unspecified atom stereocenters. The van der Waals surface area contributed by atoms with E-state index < -0.39 is 0 Å². The van der Waals surface area contributed by atoms with Crippen molar-refractivity contribution in [1.82, 2.24) is 0 Å². The van der Waals surface area contributed by atoms with Crippen molar-refractivity contribution in [2.45, 2.75) is 20.3 Å². The minimum atomic E-state index is -0.281. The van der Waals surface area contributed by atoms with Crippen molar-refractivity contribution in [1.29, 1.82) is 0 Å². The minimum absolute atomic E-state index is 0.281. The molecular weight excluding hydrogens is 179 g/mol. The van der Waals surface area contributed by atoms with Crippen LogP contribution < -0.4 is 4.74 Å². The quantitative estimate of drug-likeness (QED) is 0.667. The first-order valence-corrected chi connectivity index (χ1v) is 4.69. The van der Waals surface area contributed by atoms with E-state index in [0.717, 1.165) is 12.0 Å². The predicted octanol–water partition coefficient (Wildman–Crippen LogP) is 3.48. The molecule has 1 aromatic carbocycles. The van der Waals surface area contributed by atoms with Crippen LogP contribution in [-0.2, 0) is 0 Å². The van der Waals surface area contributed by atoms with Crippen LogP contribution in [0.3, 0.4) is 0 Å². The van der Waals surface area contributed by atoms with Gasteiger partial charge in [0.15, 0.2) is 11.6 Å². The maximum Gasteiger partial charge on any atom is 0.167 e. The maximum atomic E-state index is 13.4. The summed E-state index contributed by atoms with van der Waals surface area (Å²) in [5.74, 6) is 0.0241. The molecule has 0 aromatic heterocycles. The highest BCUT2D eigenvalue weighted by atomic mass is 19.1. The van der Waals surface area contributed by atoms with E-state index in [0.29, 0.717) is 17.9 Å². The molecule has 0 heterocycles. The second kappa shape index (κ2) is 4.80. The number of halogens is 1. The van der Waals surface area contributed by atoms with Crippen molar-refractivity contribution < 1.29 is 9.13 Å². The van der Waals surface area contributed by atoms with Crippen LogP contribution in [0.15, 0.2) is 30.4 Å². The highest BCUT2D eigenvalue weighted by molar-refractivity contribution is 5.30. The van der Waals surface area contributed by atoms with Gasteiger partial charge in [-0.05, 0) is 30.5 Å². The third-order valence-corrected chi connectivity index (χ3v) is 2.09. The summed E-state index contributed by atoms with van der Waals surface area (Å²) in [5, 5.41) is 0. The molecule has 0 saturated heterocycles. The van der Waals surface area contributed by atoms with Crippen LogP contribution in [0.4, 0.5) is 4.39 Å². The molecule has 0 radical (unpaired) electrons. The average Bonchev–Trinajstić information content (AvgIpc) is 2.20. The molecule has 14 heavy (non-hydrogen) atoms. The Kier molecular flexibility index (Phi) is 3.69. The summed E-state index contributed by atoms with van der Waals surface area (Å²) in [7, 11) is 0. The van der Waals surface area contributed by atoms with Crippen LogP contribution in [0.25, 0.3) is 0 Å². The van der Waals surface area contributed by atoms with Gasteiger partial charge >= 0.3 is 0 Å². The molecule has 1 aromatic rings. The zero-order valence-corrected chi connectivity index (χ0v) is 8.64. The first kappa shape index (κ1) is 10.8. The van der Waals surface area contributed by atoms with Gasteiger partial charge in [-0.25, -0.2) is 4.39 Å². The van der Waals surface area contributed by atoms with E-state index in [1.165, 1.54) is 0 Å². The lowest BCUT2D eigenvalue weighted by molar-refractivity contribution is 0.329. The standard InChI is InChI=1S/C12H15FO/c1-4-9(2)8-14-11-7-5-6-10(3)12(11)13/h5-7H,2,4,8H2,1,3H3. The Morgan fingerprint density at radius 3 is 2.86 bits per heavy atom. The van der Waals surface area contributed by atoms with Crippen LogP contribution in [0.2, 0.25) is 0 Å². The minimum Gasteiger partial charge on any atom is -0.486 e. The Bertz CT molecular complexity index is 331. The highest BCUT2D eigenvalue weighted by Gasteiger charge is 2.05. The van der Waals surface area contributed by atoms with Gasteiger partial charge < -0.3 is 4.74 Å². The van der Waals surface area contributed by atoms with E-state index in [2.05, 4.69) is 6.58 Å². The number of benzene rings is 1. The van der Waals surface area contributed by atoms with Gasteiger partial charge in [0.1, 0.15) is 6.61 Å². The number of ether oxygens (including phenoxy) is 1. The molecule has 1 nitrogen and oxygen atoms in total. The van der Waals surface area contributed by atoms with Crippen LogP contribution in [0.5, 0.6) is 5.75 Å². The summed E-state index contributed by atoms with van der Waals surface area (Å²) in [6.07, 6.45) is 0.855. The average molecular weight is 194 g/mol. The van der Waals surface area contributed by atoms with Gasteiger partial charge in [0.2, 0.25) is 0 Å². The molecular formula is C12H15FO. The van der Waals surface area contributed by atoms with Crippen molar-refractivity contribution >= 4 is 0 Å². The van der Waals surface area contributed by atoms with E-state index >= 15 is 0 Å². The van der Waals surface area contributed by atoms with Crippen molar-refractivity contribution in [3.05, 3.63) is 41.7 Å².